The molecule has 4 N–H and O–H groups in total. The van der Waals surface area contributed by atoms with Crippen LogP contribution >= 0.6 is 0 Å². The van der Waals surface area contributed by atoms with Crippen LogP contribution in [0.25, 0.3) is 11.1 Å². The summed E-state index contributed by atoms with van der Waals surface area (Å²) in [6.45, 7) is 5.55. The summed E-state index contributed by atoms with van der Waals surface area (Å²) in [7, 11) is 0. The normalized spacial score (nSPS) is 14.2. The predicted molar refractivity (Wildman–Crippen MR) is 135 cm³/mol. The van der Waals surface area contributed by atoms with Crippen molar-refractivity contribution >= 4 is 40.6 Å². The van der Waals surface area contributed by atoms with Crippen molar-refractivity contribution < 1.29 is 29.7 Å². The van der Waals surface area contributed by atoms with Gasteiger partial charge in [-0.05, 0) is 73.9 Å². The fraction of sp³-hybridized carbons (Fsp3) is 0.115. The number of hydrogen-bond acceptors (Lipinski definition) is 7. The van der Waals surface area contributed by atoms with Gasteiger partial charge in [-0.2, -0.15) is 15.2 Å². The highest BCUT2D eigenvalue weighted by molar-refractivity contribution is 6.71. The van der Waals surface area contributed by atoms with Gasteiger partial charge in [-0.1, -0.05) is 18.2 Å². The minimum absolute atomic E-state index is 0.0547. The topological polar surface area (TPSA) is 152 Å². The van der Waals surface area contributed by atoms with Gasteiger partial charge in [0.2, 0.25) is 0 Å². The molecule has 0 saturated heterocycles. The molecule has 10 heteroatoms. The number of rotatable bonds is 6. The summed E-state index contributed by atoms with van der Waals surface area (Å²) in [5, 5.41) is 39.2. The highest BCUT2D eigenvalue weighted by Gasteiger charge is 2.31. The molecule has 10 nitrogen and oxygen atoms in total. The monoisotopic (exact) mass is 486 g/mol. The predicted octanol–water partition coefficient (Wildman–Crippen LogP) is 4.26. The van der Waals surface area contributed by atoms with E-state index in [1.54, 1.807) is 19.1 Å². The Morgan fingerprint density at radius 2 is 1.58 bits per heavy atom. The average Bonchev–Trinajstić information content (AvgIpc) is 3.12. The van der Waals surface area contributed by atoms with Crippen LogP contribution in [0.15, 0.2) is 64.8 Å². The molecule has 0 saturated carbocycles. The van der Waals surface area contributed by atoms with Crippen molar-refractivity contribution in [2.24, 2.45) is 10.2 Å². The molecule has 1 amide bonds. The molecule has 1 aliphatic rings. The molecule has 1 aliphatic heterocycles. The summed E-state index contributed by atoms with van der Waals surface area (Å²) >= 11 is 0. The van der Waals surface area contributed by atoms with E-state index >= 15 is 0 Å². The summed E-state index contributed by atoms with van der Waals surface area (Å²) < 4.78 is 0. The van der Waals surface area contributed by atoms with Crippen LogP contribution in [0, 0.1) is 13.8 Å². The molecule has 0 unspecified atom stereocenters. The number of aryl methyl sites for hydroxylation is 2. The molecule has 3 aromatic carbocycles. The first-order valence-corrected chi connectivity index (χ1v) is 10.8. The molecular formula is C26H22N4O6. The number of anilines is 2. The first kappa shape index (κ1) is 24.1. The second-order valence-electron chi connectivity index (χ2n) is 8.25. The quantitative estimate of drug-likeness (QED) is 0.300. The number of carbonyl (C=O) groups is 3. The van der Waals surface area contributed by atoms with E-state index in [0.29, 0.717) is 11.4 Å². The Bertz CT molecular complexity index is 1460. The van der Waals surface area contributed by atoms with Crippen molar-refractivity contribution in [1.29, 1.82) is 0 Å². The van der Waals surface area contributed by atoms with Gasteiger partial charge in [-0.25, -0.2) is 9.59 Å². The van der Waals surface area contributed by atoms with Crippen LogP contribution in [0.4, 0.5) is 11.4 Å². The van der Waals surface area contributed by atoms with Gasteiger partial charge in [-0.3, -0.25) is 10.2 Å². The Balaban J connectivity index is 1.65. The molecule has 0 aromatic heterocycles. The van der Waals surface area contributed by atoms with Crippen LogP contribution in [-0.4, -0.2) is 44.6 Å². The molecule has 0 radical (unpaired) electrons. The fourth-order valence-electron chi connectivity index (χ4n) is 3.67. The maximum atomic E-state index is 13.0. The van der Waals surface area contributed by atoms with E-state index in [1.165, 1.54) is 29.3 Å². The van der Waals surface area contributed by atoms with Crippen LogP contribution in [0.2, 0.25) is 0 Å². The van der Waals surface area contributed by atoms with Crippen LogP contribution in [-0.2, 0) is 4.79 Å². The van der Waals surface area contributed by atoms with Gasteiger partial charge in [0.15, 0.2) is 5.71 Å². The van der Waals surface area contributed by atoms with Crippen LogP contribution in [0.5, 0.6) is 5.75 Å². The first-order valence-electron chi connectivity index (χ1n) is 10.8. The minimum Gasteiger partial charge on any atom is -0.505 e. The Kier molecular flexibility index (Phi) is 6.26. The van der Waals surface area contributed by atoms with E-state index in [0.717, 1.165) is 17.2 Å². The molecule has 0 spiro atoms. The van der Waals surface area contributed by atoms with Gasteiger partial charge >= 0.3 is 17.8 Å². The van der Waals surface area contributed by atoms with E-state index in [-0.39, 0.29) is 39.4 Å². The minimum atomic E-state index is -1.30. The Morgan fingerprint density at radius 1 is 0.917 bits per heavy atom. The highest BCUT2D eigenvalue weighted by atomic mass is 16.4. The van der Waals surface area contributed by atoms with Crippen molar-refractivity contribution in [3.63, 3.8) is 0 Å². The lowest BCUT2D eigenvalue weighted by Gasteiger charge is -2.13. The SMILES string of the molecule is CC1=NN(c2ccc(C)c(C)c2)C(=O)/C1=N\Nc1cccc(-c2cc(C(=O)O)cc(C(=O)O)c2)c1O. The van der Waals surface area contributed by atoms with Crippen molar-refractivity contribution in [2.75, 3.05) is 10.4 Å². The number of hydrazone groups is 2. The smallest absolute Gasteiger partial charge is 0.335 e. The molecule has 182 valence electrons. The standard InChI is InChI=1S/C26H22N4O6/c1-13-7-8-19(9-14(13)2)30-24(32)22(15(3)29-30)28-27-21-6-4-5-20(23(21)31)16-10-17(25(33)34)12-18(11-16)26(35)36/h4-12,27,31H,1-3H3,(H,33,34)(H,35,36)/b28-22-. The van der Waals surface area contributed by atoms with Crippen molar-refractivity contribution in [2.45, 2.75) is 20.8 Å². The third-order valence-corrected chi connectivity index (χ3v) is 5.78. The molecule has 4 rings (SSSR count). The number of aromatic hydroxyl groups is 1. The van der Waals surface area contributed by atoms with Crippen LogP contribution in [0.1, 0.15) is 38.8 Å². The number of benzene rings is 3. The van der Waals surface area contributed by atoms with Crippen molar-refractivity contribution in [1.82, 2.24) is 0 Å². The third kappa shape index (κ3) is 4.51. The van der Waals surface area contributed by atoms with Gasteiger partial charge < -0.3 is 15.3 Å². The number of phenolic OH excluding ortho intramolecular Hbond substituents is 1. The summed E-state index contributed by atoms with van der Waals surface area (Å²) in [4.78, 5) is 35.9. The van der Waals surface area contributed by atoms with Gasteiger partial charge in [0.25, 0.3) is 0 Å². The maximum absolute atomic E-state index is 13.0. The fourth-order valence-corrected chi connectivity index (χ4v) is 3.67. The molecular weight excluding hydrogens is 464 g/mol. The molecule has 0 aliphatic carbocycles. The van der Waals surface area contributed by atoms with E-state index < -0.39 is 17.8 Å². The zero-order valence-electron chi connectivity index (χ0n) is 19.6. The van der Waals surface area contributed by atoms with Gasteiger partial charge in [0, 0.05) is 5.56 Å². The summed E-state index contributed by atoms with van der Waals surface area (Å²) in [6.07, 6.45) is 0. The number of para-hydroxylation sites is 1. The van der Waals surface area contributed by atoms with Crippen molar-refractivity contribution in [3.05, 3.63) is 76.9 Å². The number of amides is 1. The number of carbonyl (C=O) groups excluding carboxylic acids is 1. The molecule has 0 bridgehead atoms. The lowest BCUT2D eigenvalue weighted by atomic mass is 9.98. The van der Waals surface area contributed by atoms with Crippen LogP contribution in [0.3, 0.4) is 0 Å². The second-order valence-corrected chi connectivity index (χ2v) is 8.25. The third-order valence-electron chi connectivity index (χ3n) is 5.78. The number of carboxylic acids is 2. The number of aromatic carboxylic acids is 2. The van der Waals surface area contributed by atoms with E-state index in [4.69, 9.17) is 0 Å². The zero-order valence-corrected chi connectivity index (χ0v) is 19.6. The van der Waals surface area contributed by atoms with Gasteiger partial charge in [-0.15, -0.1) is 0 Å². The Hall–Kier alpha value is -4.99. The molecule has 0 fully saturated rings. The average molecular weight is 486 g/mol. The number of hydrogen-bond donors (Lipinski definition) is 4. The van der Waals surface area contributed by atoms with E-state index in [9.17, 15) is 29.7 Å². The molecule has 3 aromatic rings. The molecule has 1 heterocycles. The summed E-state index contributed by atoms with van der Waals surface area (Å²) in [5.74, 6) is -3.35. The maximum Gasteiger partial charge on any atom is 0.335 e. The summed E-state index contributed by atoms with van der Waals surface area (Å²) in [5.41, 5.74) is 5.83. The second kappa shape index (κ2) is 9.34. The Morgan fingerprint density at radius 3 is 2.19 bits per heavy atom. The van der Waals surface area contributed by atoms with Gasteiger partial charge in [0.1, 0.15) is 5.75 Å². The largest absolute Gasteiger partial charge is 0.505 e. The lowest BCUT2D eigenvalue weighted by Crippen LogP contribution is -2.28. The van der Waals surface area contributed by atoms with Gasteiger partial charge in [0.05, 0.1) is 28.2 Å². The van der Waals surface area contributed by atoms with E-state index in [1.807, 2.05) is 26.0 Å². The highest BCUT2D eigenvalue weighted by Crippen LogP contribution is 2.36. The molecule has 36 heavy (non-hydrogen) atoms. The van der Waals surface area contributed by atoms with Crippen LogP contribution < -0.4 is 10.4 Å². The number of nitrogens with one attached hydrogen (secondary N) is 1. The number of phenols is 1. The zero-order chi connectivity index (χ0) is 26.1. The summed E-state index contributed by atoms with van der Waals surface area (Å²) in [6, 6.07) is 13.7. The Labute approximate surface area is 205 Å². The number of carboxylic acid groups (broad SMARTS) is 2. The number of nitrogens with zero attached hydrogens (tertiary/aromatic N) is 3. The lowest BCUT2D eigenvalue weighted by molar-refractivity contribution is -0.112. The molecule has 0 atom stereocenters. The van der Waals surface area contributed by atoms with Crippen molar-refractivity contribution in [3.8, 4) is 16.9 Å². The first-order chi connectivity index (χ1) is 17.1. The van der Waals surface area contributed by atoms with E-state index in [2.05, 4.69) is 15.6 Å².